The van der Waals surface area contributed by atoms with Crippen molar-refractivity contribution in [1.82, 2.24) is 20.3 Å². The minimum atomic E-state index is -4.73. The summed E-state index contributed by atoms with van der Waals surface area (Å²) in [6.07, 6.45) is 0.720. The van der Waals surface area contributed by atoms with E-state index in [0.717, 1.165) is 12.1 Å². The van der Waals surface area contributed by atoms with E-state index in [4.69, 9.17) is 0 Å². The lowest BCUT2D eigenvalue weighted by Crippen LogP contribution is -2.33. The standard InChI is InChI=1S/C24H21F4N5O2/c1-14-29-10-15(11-30-14)21(34)9-23(6-7-23)22(35)32-12-17-3-4-18(13-31-17)33-20-5-2-16(25)8-19(20)24(26,27)28/h2-5,8,10-11,13,33H,6-7,9,12H2,1H3,(H,32,35). The molecule has 2 heterocycles. The van der Waals surface area contributed by atoms with Gasteiger partial charge in [-0.1, -0.05) is 0 Å². The summed E-state index contributed by atoms with van der Waals surface area (Å²) in [7, 11) is 0. The third-order valence-corrected chi connectivity index (χ3v) is 5.76. The molecule has 0 atom stereocenters. The van der Waals surface area contributed by atoms with Gasteiger partial charge in [-0.3, -0.25) is 14.6 Å². The van der Waals surface area contributed by atoms with Crippen molar-refractivity contribution in [2.45, 2.75) is 38.9 Å². The molecule has 0 unspecified atom stereocenters. The number of Topliss-reactive ketones (excluding diaryl/α,β-unsaturated/α-hetero) is 1. The number of hydrogen-bond acceptors (Lipinski definition) is 6. The number of carbonyl (C=O) groups is 2. The molecule has 35 heavy (non-hydrogen) atoms. The summed E-state index contributed by atoms with van der Waals surface area (Å²) in [6.45, 7) is 1.80. The Bertz CT molecular complexity index is 1240. The highest BCUT2D eigenvalue weighted by Crippen LogP contribution is 2.49. The Balaban J connectivity index is 1.34. The molecule has 0 saturated heterocycles. The van der Waals surface area contributed by atoms with Crippen LogP contribution in [0.4, 0.5) is 28.9 Å². The van der Waals surface area contributed by atoms with Crippen LogP contribution in [0.1, 0.15) is 46.7 Å². The molecule has 1 saturated carbocycles. The lowest BCUT2D eigenvalue weighted by molar-refractivity contribution is -0.137. The number of nitrogens with zero attached hydrogens (tertiary/aromatic N) is 3. The predicted octanol–water partition coefficient (Wildman–Crippen LogP) is 4.75. The first kappa shape index (κ1) is 24.2. The van der Waals surface area contributed by atoms with Gasteiger partial charge in [0.15, 0.2) is 5.78 Å². The Hall–Kier alpha value is -3.89. The van der Waals surface area contributed by atoms with E-state index in [1.165, 1.54) is 24.7 Å². The number of aryl methyl sites for hydroxylation is 1. The average Bonchev–Trinajstić information content (AvgIpc) is 3.60. The lowest BCUT2D eigenvalue weighted by Gasteiger charge is -2.15. The number of ketones is 1. The lowest BCUT2D eigenvalue weighted by atomic mass is 9.95. The summed E-state index contributed by atoms with van der Waals surface area (Å²) in [5.74, 6) is -0.906. The molecule has 0 radical (unpaired) electrons. The molecule has 1 aliphatic rings. The fraction of sp³-hybridized carbons (Fsp3) is 0.292. The molecule has 3 aromatic rings. The van der Waals surface area contributed by atoms with Crippen molar-refractivity contribution in [2.24, 2.45) is 5.41 Å². The van der Waals surface area contributed by atoms with Crippen LogP contribution in [0, 0.1) is 18.2 Å². The van der Waals surface area contributed by atoms with Gasteiger partial charge in [0, 0.05) is 18.8 Å². The SMILES string of the molecule is Cc1ncc(C(=O)CC2(C(=O)NCc3ccc(Nc4ccc(F)cc4C(F)(F)F)cn3)CC2)cn1. The molecule has 0 bridgehead atoms. The highest BCUT2D eigenvalue weighted by atomic mass is 19.4. The van der Waals surface area contributed by atoms with Gasteiger partial charge in [0.2, 0.25) is 5.91 Å². The van der Waals surface area contributed by atoms with E-state index < -0.39 is 23.0 Å². The molecule has 11 heteroatoms. The van der Waals surface area contributed by atoms with Crippen LogP contribution in [0.3, 0.4) is 0 Å². The number of rotatable bonds is 8. The quantitative estimate of drug-likeness (QED) is 0.352. The monoisotopic (exact) mass is 487 g/mol. The molecule has 1 aliphatic carbocycles. The van der Waals surface area contributed by atoms with Gasteiger partial charge < -0.3 is 10.6 Å². The maximum absolute atomic E-state index is 13.3. The second kappa shape index (κ2) is 9.40. The van der Waals surface area contributed by atoms with E-state index in [0.29, 0.717) is 36.0 Å². The molecule has 1 aromatic carbocycles. The smallest absolute Gasteiger partial charge is 0.354 e. The van der Waals surface area contributed by atoms with Crippen molar-refractivity contribution < 1.29 is 27.2 Å². The zero-order valence-corrected chi connectivity index (χ0v) is 18.6. The minimum Gasteiger partial charge on any atom is -0.354 e. The normalized spacial score (nSPS) is 14.3. The molecular weight excluding hydrogens is 466 g/mol. The van der Waals surface area contributed by atoms with Gasteiger partial charge in [0.25, 0.3) is 0 Å². The average molecular weight is 487 g/mol. The van der Waals surface area contributed by atoms with E-state index in [1.807, 2.05) is 0 Å². The van der Waals surface area contributed by atoms with E-state index in [9.17, 15) is 27.2 Å². The molecule has 7 nitrogen and oxygen atoms in total. The number of halogens is 4. The summed E-state index contributed by atoms with van der Waals surface area (Å²) >= 11 is 0. The van der Waals surface area contributed by atoms with Crippen LogP contribution in [0.5, 0.6) is 0 Å². The van der Waals surface area contributed by atoms with Crippen molar-refractivity contribution in [3.8, 4) is 0 Å². The van der Waals surface area contributed by atoms with E-state index >= 15 is 0 Å². The number of pyridine rings is 1. The van der Waals surface area contributed by atoms with Gasteiger partial charge in [-0.15, -0.1) is 0 Å². The minimum absolute atomic E-state index is 0.0563. The summed E-state index contributed by atoms with van der Waals surface area (Å²) in [5.41, 5.74) is -1.10. The predicted molar refractivity (Wildman–Crippen MR) is 118 cm³/mol. The third-order valence-electron chi connectivity index (χ3n) is 5.76. The first-order valence-corrected chi connectivity index (χ1v) is 10.7. The summed E-state index contributed by atoms with van der Waals surface area (Å²) < 4.78 is 52.8. The van der Waals surface area contributed by atoms with E-state index in [-0.39, 0.29) is 36.0 Å². The summed E-state index contributed by atoms with van der Waals surface area (Å²) in [5, 5.41) is 5.37. The Morgan fingerprint density at radius 3 is 2.34 bits per heavy atom. The van der Waals surface area contributed by atoms with Gasteiger partial charge in [0.1, 0.15) is 11.6 Å². The highest BCUT2D eigenvalue weighted by Gasteiger charge is 2.51. The largest absolute Gasteiger partial charge is 0.418 e. The molecule has 2 N–H and O–H groups in total. The fourth-order valence-electron chi connectivity index (χ4n) is 3.56. The molecule has 1 amide bonds. The number of hydrogen-bond donors (Lipinski definition) is 2. The van der Waals surface area contributed by atoms with Crippen LogP contribution in [-0.2, 0) is 17.5 Å². The van der Waals surface area contributed by atoms with Crippen LogP contribution in [-0.4, -0.2) is 26.6 Å². The van der Waals surface area contributed by atoms with Gasteiger partial charge in [0.05, 0.1) is 46.4 Å². The number of amides is 1. The molecule has 4 rings (SSSR count). The van der Waals surface area contributed by atoms with Crippen molar-refractivity contribution in [1.29, 1.82) is 0 Å². The number of nitrogens with one attached hydrogen (secondary N) is 2. The molecule has 2 aromatic heterocycles. The fourth-order valence-corrected chi connectivity index (χ4v) is 3.56. The Morgan fingerprint density at radius 2 is 1.74 bits per heavy atom. The first-order chi connectivity index (χ1) is 16.6. The molecule has 182 valence electrons. The molecular formula is C24H21F4N5O2. The van der Waals surface area contributed by atoms with Crippen molar-refractivity contribution in [2.75, 3.05) is 5.32 Å². The van der Waals surface area contributed by atoms with Crippen LogP contribution < -0.4 is 10.6 Å². The first-order valence-electron chi connectivity index (χ1n) is 10.7. The zero-order valence-electron chi connectivity index (χ0n) is 18.6. The second-order valence-electron chi connectivity index (χ2n) is 8.43. The van der Waals surface area contributed by atoms with Gasteiger partial charge in [-0.25, -0.2) is 14.4 Å². The molecule has 1 fully saturated rings. The summed E-state index contributed by atoms with van der Waals surface area (Å²) in [4.78, 5) is 37.4. The number of alkyl halides is 3. The number of anilines is 2. The zero-order chi connectivity index (χ0) is 25.2. The Labute approximate surface area is 198 Å². The summed E-state index contributed by atoms with van der Waals surface area (Å²) in [6, 6.07) is 5.41. The number of benzene rings is 1. The third kappa shape index (κ3) is 5.79. The van der Waals surface area contributed by atoms with Crippen molar-refractivity contribution in [3.05, 3.63) is 77.4 Å². The van der Waals surface area contributed by atoms with E-state index in [1.54, 1.807) is 13.0 Å². The van der Waals surface area contributed by atoms with Crippen LogP contribution >= 0.6 is 0 Å². The van der Waals surface area contributed by atoms with Crippen LogP contribution in [0.15, 0.2) is 48.9 Å². The molecule has 0 spiro atoms. The molecule has 0 aliphatic heterocycles. The highest BCUT2D eigenvalue weighted by molar-refractivity contribution is 6.00. The Kier molecular flexibility index (Phi) is 6.51. The van der Waals surface area contributed by atoms with Gasteiger partial charge in [-0.2, -0.15) is 13.2 Å². The Morgan fingerprint density at radius 1 is 1.03 bits per heavy atom. The van der Waals surface area contributed by atoms with Crippen molar-refractivity contribution >= 4 is 23.1 Å². The topological polar surface area (TPSA) is 96.9 Å². The van der Waals surface area contributed by atoms with Crippen LogP contribution in [0.2, 0.25) is 0 Å². The van der Waals surface area contributed by atoms with Crippen LogP contribution in [0.25, 0.3) is 0 Å². The number of aromatic nitrogens is 3. The van der Waals surface area contributed by atoms with E-state index in [2.05, 4.69) is 25.6 Å². The van der Waals surface area contributed by atoms with Gasteiger partial charge >= 0.3 is 6.18 Å². The number of carbonyl (C=O) groups excluding carboxylic acids is 2. The maximum Gasteiger partial charge on any atom is 0.418 e. The second-order valence-corrected chi connectivity index (χ2v) is 8.43. The van der Waals surface area contributed by atoms with Crippen molar-refractivity contribution in [3.63, 3.8) is 0 Å². The van der Waals surface area contributed by atoms with Gasteiger partial charge in [-0.05, 0) is 50.1 Å². The maximum atomic E-state index is 13.3.